The van der Waals surface area contributed by atoms with Crippen molar-refractivity contribution in [2.45, 2.75) is 45.0 Å². The Morgan fingerprint density at radius 3 is 2.66 bits per heavy atom. The summed E-state index contributed by atoms with van der Waals surface area (Å²) in [5.41, 5.74) is 6.96. The molecule has 4 atom stereocenters. The van der Waals surface area contributed by atoms with Gasteiger partial charge in [0.05, 0.1) is 11.6 Å². The molecule has 3 aliphatic heterocycles. The molecule has 0 amide bonds. The van der Waals surface area contributed by atoms with E-state index >= 15 is 0 Å². The van der Waals surface area contributed by atoms with Crippen molar-refractivity contribution in [2.75, 3.05) is 11.8 Å². The molecule has 0 bridgehead atoms. The highest BCUT2D eigenvalue weighted by Gasteiger charge is 2.53. The lowest BCUT2D eigenvalue weighted by atomic mass is 9.66. The highest BCUT2D eigenvalue weighted by molar-refractivity contribution is 5.99. The van der Waals surface area contributed by atoms with Gasteiger partial charge in [-0.2, -0.15) is 0 Å². The first-order valence-corrected chi connectivity index (χ1v) is 11.1. The molecule has 2 aromatic carbocycles. The number of nitrogens with zero attached hydrogens (tertiary/aromatic N) is 1. The van der Waals surface area contributed by atoms with Crippen LogP contribution in [0.5, 0.6) is 11.5 Å². The van der Waals surface area contributed by atoms with Gasteiger partial charge in [-0.05, 0) is 41.7 Å². The summed E-state index contributed by atoms with van der Waals surface area (Å²) >= 11 is 0. The smallest absolute Gasteiger partial charge is 0.231 e. The Morgan fingerprint density at radius 2 is 1.84 bits per heavy atom. The van der Waals surface area contributed by atoms with Gasteiger partial charge in [0.25, 0.3) is 0 Å². The van der Waals surface area contributed by atoms with E-state index < -0.39 is 6.23 Å². The summed E-state index contributed by atoms with van der Waals surface area (Å²) in [6.45, 7) is 4.46. The lowest BCUT2D eigenvalue weighted by Crippen LogP contribution is -2.52. The number of rotatable bonds is 2. The summed E-state index contributed by atoms with van der Waals surface area (Å²) in [7, 11) is 0. The van der Waals surface area contributed by atoms with Crippen molar-refractivity contribution in [1.82, 2.24) is 10.7 Å². The van der Waals surface area contributed by atoms with Crippen LogP contribution in [0.3, 0.4) is 0 Å². The molecule has 0 radical (unpaired) electrons. The van der Waals surface area contributed by atoms with E-state index in [-0.39, 0.29) is 36.0 Å². The third-order valence-electron chi connectivity index (χ3n) is 7.01. The van der Waals surface area contributed by atoms with Crippen molar-refractivity contribution in [3.8, 4) is 11.5 Å². The summed E-state index contributed by atoms with van der Waals surface area (Å²) < 4.78 is 11.1. The maximum absolute atomic E-state index is 13.4. The van der Waals surface area contributed by atoms with E-state index in [1.807, 2.05) is 48.5 Å². The molecule has 6 rings (SSSR count). The minimum atomic E-state index is -0.817. The molecule has 7 heteroatoms. The number of aliphatic hydroxyl groups excluding tert-OH is 1. The van der Waals surface area contributed by atoms with Gasteiger partial charge < -0.3 is 19.9 Å². The molecule has 0 spiro atoms. The summed E-state index contributed by atoms with van der Waals surface area (Å²) in [5, 5.41) is 16.9. The number of hydrazine groups is 1. The molecule has 2 aromatic rings. The molecule has 1 fully saturated rings. The van der Waals surface area contributed by atoms with Crippen molar-refractivity contribution in [1.29, 1.82) is 0 Å². The Kier molecular flexibility index (Phi) is 4.29. The van der Waals surface area contributed by atoms with E-state index in [2.05, 4.69) is 24.6 Å². The molecular formula is C25H27N3O4. The first-order valence-electron chi connectivity index (χ1n) is 11.1. The zero-order valence-electron chi connectivity index (χ0n) is 18.2. The molecule has 0 aromatic heterocycles. The van der Waals surface area contributed by atoms with Gasteiger partial charge in [0.2, 0.25) is 6.79 Å². The van der Waals surface area contributed by atoms with Crippen molar-refractivity contribution in [3.05, 3.63) is 65.4 Å². The van der Waals surface area contributed by atoms with Crippen LogP contribution < -0.4 is 25.2 Å². The average Bonchev–Trinajstić information content (AvgIpc) is 3.36. The van der Waals surface area contributed by atoms with Crippen molar-refractivity contribution >= 4 is 11.5 Å². The minimum absolute atomic E-state index is 0.106. The number of aliphatic hydroxyl groups is 1. The third kappa shape index (κ3) is 2.99. The molecule has 0 saturated carbocycles. The molecule has 1 aliphatic carbocycles. The van der Waals surface area contributed by atoms with Crippen LogP contribution >= 0.6 is 0 Å². The number of carbonyl (C=O) groups is 1. The fraction of sp³-hybridized carbons (Fsp3) is 0.400. The van der Waals surface area contributed by atoms with Crippen molar-refractivity contribution < 1.29 is 19.4 Å². The van der Waals surface area contributed by atoms with Crippen LogP contribution in [0, 0.1) is 11.3 Å². The van der Waals surface area contributed by atoms with Gasteiger partial charge in [-0.15, -0.1) is 0 Å². The van der Waals surface area contributed by atoms with Crippen LogP contribution in [0.2, 0.25) is 0 Å². The molecule has 7 nitrogen and oxygen atoms in total. The van der Waals surface area contributed by atoms with Crippen LogP contribution in [-0.4, -0.2) is 30.1 Å². The van der Waals surface area contributed by atoms with Crippen LogP contribution in [0.4, 0.5) is 5.69 Å². The van der Waals surface area contributed by atoms with Gasteiger partial charge in [0.15, 0.2) is 17.3 Å². The van der Waals surface area contributed by atoms with Gasteiger partial charge >= 0.3 is 0 Å². The molecule has 1 saturated heterocycles. The molecule has 4 aliphatic rings. The number of para-hydroxylation sites is 1. The number of fused-ring (bicyclic) bond motifs is 2. The van der Waals surface area contributed by atoms with E-state index in [0.29, 0.717) is 17.9 Å². The van der Waals surface area contributed by atoms with Crippen molar-refractivity contribution in [2.24, 2.45) is 11.3 Å². The molecule has 166 valence electrons. The number of benzene rings is 2. The van der Waals surface area contributed by atoms with Crippen LogP contribution in [0.1, 0.15) is 38.2 Å². The number of anilines is 1. The number of Topliss-reactive ketones (excluding diaryl/α,β-unsaturated/α-hetero) is 1. The fourth-order valence-electron chi connectivity index (χ4n) is 5.67. The number of hydrogen-bond donors (Lipinski definition) is 3. The Morgan fingerprint density at radius 1 is 1.06 bits per heavy atom. The predicted octanol–water partition coefficient (Wildman–Crippen LogP) is 3.03. The first kappa shape index (κ1) is 19.6. The SMILES string of the molecule is CC1(C)CC(=O)C2=C(C1)NC1NN(c3ccccc3)C(O)C1C2c1ccc2c(c1)OCO2. The largest absolute Gasteiger partial charge is 0.454 e. The highest BCUT2D eigenvalue weighted by atomic mass is 16.7. The second-order valence-electron chi connectivity index (χ2n) is 9.87. The van der Waals surface area contributed by atoms with E-state index in [1.54, 1.807) is 5.01 Å². The number of nitrogens with one attached hydrogen (secondary N) is 2. The zero-order valence-corrected chi connectivity index (χ0v) is 18.2. The maximum Gasteiger partial charge on any atom is 0.231 e. The van der Waals surface area contributed by atoms with E-state index in [4.69, 9.17) is 9.47 Å². The van der Waals surface area contributed by atoms with Gasteiger partial charge in [0, 0.05) is 23.6 Å². The number of carbonyl (C=O) groups excluding carboxylic acids is 1. The van der Waals surface area contributed by atoms with Crippen LogP contribution in [-0.2, 0) is 4.79 Å². The van der Waals surface area contributed by atoms with E-state index in [9.17, 15) is 9.90 Å². The van der Waals surface area contributed by atoms with Gasteiger partial charge in [0.1, 0.15) is 12.4 Å². The maximum atomic E-state index is 13.4. The number of allylic oxidation sites excluding steroid dienone is 2. The van der Waals surface area contributed by atoms with Crippen molar-refractivity contribution in [3.63, 3.8) is 0 Å². The lowest BCUT2D eigenvalue weighted by Gasteiger charge is -2.43. The Hall–Kier alpha value is -3.03. The summed E-state index contributed by atoms with van der Waals surface area (Å²) in [6.07, 6.45) is 0.266. The molecule has 32 heavy (non-hydrogen) atoms. The zero-order chi connectivity index (χ0) is 22.0. The predicted molar refractivity (Wildman–Crippen MR) is 119 cm³/mol. The summed E-state index contributed by atoms with van der Waals surface area (Å²) in [4.78, 5) is 13.4. The number of ketones is 1. The first-order chi connectivity index (χ1) is 15.4. The molecule has 4 unspecified atom stereocenters. The van der Waals surface area contributed by atoms with E-state index in [0.717, 1.165) is 28.9 Å². The summed E-state index contributed by atoms with van der Waals surface area (Å²) in [6, 6.07) is 15.6. The number of ether oxygens (including phenoxy) is 2. The molecular weight excluding hydrogens is 406 g/mol. The van der Waals surface area contributed by atoms with Gasteiger partial charge in [-0.3, -0.25) is 9.80 Å². The molecule has 3 N–H and O–H groups in total. The monoisotopic (exact) mass is 433 g/mol. The van der Waals surface area contributed by atoms with Gasteiger partial charge in [-0.25, -0.2) is 5.43 Å². The van der Waals surface area contributed by atoms with Crippen LogP contribution in [0.15, 0.2) is 59.8 Å². The van der Waals surface area contributed by atoms with Crippen LogP contribution in [0.25, 0.3) is 0 Å². The quantitative estimate of drug-likeness (QED) is 0.672. The second-order valence-corrected chi connectivity index (χ2v) is 9.87. The minimum Gasteiger partial charge on any atom is -0.454 e. The number of hydrogen-bond acceptors (Lipinski definition) is 7. The van der Waals surface area contributed by atoms with Gasteiger partial charge in [-0.1, -0.05) is 38.1 Å². The normalized spacial score (nSPS) is 30.1. The average molecular weight is 434 g/mol. The standard InChI is InChI=1S/C25H27N3O4/c1-25(2)11-16-21(17(29)12-25)20(14-8-9-18-19(10-14)32-13-31-18)22-23(26-16)27-28(24(22)30)15-6-4-3-5-7-15/h3-10,20,22-24,26-27,30H,11-13H2,1-2H3. The molecule has 3 heterocycles. The van der Waals surface area contributed by atoms with E-state index in [1.165, 1.54) is 0 Å². The Bertz CT molecular complexity index is 1110. The Balaban J connectivity index is 1.47. The fourth-order valence-corrected chi connectivity index (χ4v) is 5.67. The second kappa shape index (κ2) is 6.98. The topological polar surface area (TPSA) is 83.1 Å². The lowest BCUT2D eigenvalue weighted by molar-refractivity contribution is -0.119. The third-order valence-corrected chi connectivity index (χ3v) is 7.01. The Labute approximate surface area is 187 Å². The highest BCUT2D eigenvalue weighted by Crippen LogP contribution is 2.50. The summed E-state index contributed by atoms with van der Waals surface area (Å²) in [5.74, 6) is 1.02.